The Hall–Kier alpha value is -4.79. The number of piperazine rings is 1. The lowest BCUT2D eigenvalue weighted by atomic mass is 10.0. The number of rotatable bonds is 8. The predicted octanol–water partition coefficient (Wildman–Crippen LogP) is 3.27. The number of ketones is 1. The number of alkyl halides is 3. The number of pyridine rings is 1. The van der Waals surface area contributed by atoms with Gasteiger partial charge in [0.05, 0.1) is 23.1 Å². The second kappa shape index (κ2) is 12.3. The molecule has 0 saturated carbocycles. The molecule has 0 bridgehead atoms. The Balaban J connectivity index is 1.20. The van der Waals surface area contributed by atoms with Gasteiger partial charge in [0, 0.05) is 50.4 Å². The fourth-order valence-electron chi connectivity index (χ4n) is 4.99. The minimum absolute atomic E-state index is 0.00137. The van der Waals surface area contributed by atoms with E-state index in [-0.39, 0.29) is 67.0 Å². The van der Waals surface area contributed by atoms with E-state index < -0.39 is 33.4 Å². The number of Topliss-reactive ketones (excluding diaryl/α,β-unsaturated/α-hetero) is 1. The standard InChI is InChI=1S/C30H28F3N5O6S/c1-44-26-9-7-21(45(2,42)43)16-22(26)29(41)37-12-10-36(11-13-37)28(40)18-38-17-20-14-19(6-8-23(20)35-38)15-25(39)24-4-3-5-27(34-24)30(31,32)33/h3-9,14,16-17H,10-13,15,18H2,1-2H3. The van der Waals surface area contributed by atoms with Crippen molar-refractivity contribution in [1.82, 2.24) is 24.6 Å². The summed E-state index contributed by atoms with van der Waals surface area (Å²) >= 11 is 0. The lowest BCUT2D eigenvalue weighted by Crippen LogP contribution is -2.51. The summed E-state index contributed by atoms with van der Waals surface area (Å²) < 4.78 is 69.7. The highest BCUT2D eigenvalue weighted by Crippen LogP contribution is 2.28. The maximum Gasteiger partial charge on any atom is 0.433 e. The van der Waals surface area contributed by atoms with Crippen LogP contribution in [0.2, 0.25) is 0 Å². The van der Waals surface area contributed by atoms with Crippen molar-refractivity contribution >= 4 is 38.3 Å². The first-order valence-corrected chi connectivity index (χ1v) is 15.6. The number of ether oxygens (including phenoxy) is 1. The molecule has 1 fully saturated rings. The fourth-order valence-corrected chi connectivity index (χ4v) is 5.64. The molecule has 0 unspecified atom stereocenters. The van der Waals surface area contributed by atoms with E-state index in [1.807, 2.05) is 0 Å². The number of methoxy groups -OCH3 is 1. The van der Waals surface area contributed by atoms with Crippen LogP contribution in [0, 0.1) is 0 Å². The molecule has 45 heavy (non-hydrogen) atoms. The topological polar surface area (TPSA) is 132 Å². The van der Waals surface area contributed by atoms with Crippen LogP contribution in [0.5, 0.6) is 5.75 Å². The summed E-state index contributed by atoms with van der Waals surface area (Å²) in [5.41, 5.74) is -0.179. The van der Waals surface area contributed by atoms with Crippen molar-refractivity contribution in [2.45, 2.75) is 24.0 Å². The molecule has 0 atom stereocenters. The fraction of sp³-hybridized carbons (Fsp3) is 0.300. The molecular weight excluding hydrogens is 615 g/mol. The molecule has 11 nitrogen and oxygen atoms in total. The highest BCUT2D eigenvalue weighted by atomic mass is 32.2. The summed E-state index contributed by atoms with van der Waals surface area (Å²) in [4.78, 5) is 45.5. The van der Waals surface area contributed by atoms with E-state index >= 15 is 0 Å². The Morgan fingerprint density at radius 1 is 0.956 bits per heavy atom. The summed E-state index contributed by atoms with van der Waals surface area (Å²) in [5.74, 6) is -0.947. The van der Waals surface area contributed by atoms with Gasteiger partial charge in [-0.3, -0.25) is 19.1 Å². The minimum Gasteiger partial charge on any atom is -0.496 e. The minimum atomic E-state index is -4.66. The van der Waals surface area contributed by atoms with E-state index in [9.17, 15) is 36.0 Å². The summed E-state index contributed by atoms with van der Waals surface area (Å²) in [5, 5.41) is 5.06. The Morgan fingerprint density at radius 2 is 1.67 bits per heavy atom. The Labute approximate surface area is 256 Å². The summed E-state index contributed by atoms with van der Waals surface area (Å²) in [7, 11) is -2.15. The van der Waals surface area contributed by atoms with Gasteiger partial charge in [0.15, 0.2) is 15.6 Å². The number of amides is 2. The number of halogens is 3. The summed E-state index contributed by atoms with van der Waals surface area (Å²) in [6.07, 6.45) is -2.13. The molecule has 1 saturated heterocycles. The first-order valence-electron chi connectivity index (χ1n) is 13.7. The zero-order chi connectivity index (χ0) is 32.5. The number of benzene rings is 2. The van der Waals surface area contributed by atoms with Gasteiger partial charge in [-0.2, -0.15) is 18.3 Å². The van der Waals surface area contributed by atoms with Crippen LogP contribution in [-0.4, -0.2) is 90.1 Å². The third-order valence-corrected chi connectivity index (χ3v) is 8.46. The van der Waals surface area contributed by atoms with Crippen molar-refractivity contribution in [3.63, 3.8) is 0 Å². The van der Waals surface area contributed by atoms with E-state index in [2.05, 4.69) is 10.1 Å². The molecule has 0 aliphatic carbocycles. The van der Waals surface area contributed by atoms with Gasteiger partial charge in [0.25, 0.3) is 5.91 Å². The second-order valence-corrected chi connectivity index (χ2v) is 12.5. The average Bonchev–Trinajstić information content (AvgIpc) is 3.41. The van der Waals surface area contributed by atoms with Gasteiger partial charge >= 0.3 is 6.18 Å². The van der Waals surface area contributed by atoms with Crippen LogP contribution in [0.15, 0.2) is 65.7 Å². The molecule has 236 valence electrons. The molecule has 2 aromatic carbocycles. The zero-order valence-electron chi connectivity index (χ0n) is 24.2. The van der Waals surface area contributed by atoms with Crippen molar-refractivity contribution in [1.29, 1.82) is 0 Å². The maximum atomic E-state index is 13.2. The first kappa shape index (κ1) is 31.6. The second-order valence-electron chi connectivity index (χ2n) is 10.5. The zero-order valence-corrected chi connectivity index (χ0v) is 25.1. The Bertz CT molecular complexity index is 1900. The molecule has 4 aromatic rings. The van der Waals surface area contributed by atoms with E-state index in [4.69, 9.17) is 4.74 Å². The van der Waals surface area contributed by atoms with Crippen LogP contribution < -0.4 is 4.74 Å². The molecule has 0 radical (unpaired) electrons. The molecule has 5 rings (SSSR count). The Kier molecular flexibility index (Phi) is 8.65. The van der Waals surface area contributed by atoms with Crippen molar-refractivity contribution in [3.05, 3.63) is 83.3 Å². The molecule has 1 aliphatic rings. The molecular formula is C30H28F3N5O6S. The molecule has 15 heteroatoms. The molecule has 1 aliphatic heterocycles. The van der Waals surface area contributed by atoms with E-state index in [0.717, 1.165) is 18.4 Å². The van der Waals surface area contributed by atoms with Gasteiger partial charge < -0.3 is 14.5 Å². The van der Waals surface area contributed by atoms with Crippen LogP contribution >= 0.6 is 0 Å². The highest BCUT2D eigenvalue weighted by molar-refractivity contribution is 7.90. The predicted molar refractivity (Wildman–Crippen MR) is 156 cm³/mol. The van der Waals surface area contributed by atoms with Crippen LogP contribution in [0.4, 0.5) is 13.2 Å². The van der Waals surface area contributed by atoms with Crippen LogP contribution in [-0.2, 0) is 33.8 Å². The molecule has 3 heterocycles. The number of nitrogens with zero attached hydrogens (tertiary/aromatic N) is 5. The number of carbonyl (C=O) groups excluding carboxylic acids is 3. The number of fused-ring (bicyclic) bond motifs is 1. The maximum absolute atomic E-state index is 13.2. The monoisotopic (exact) mass is 643 g/mol. The van der Waals surface area contributed by atoms with Gasteiger partial charge in [-0.25, -0.2) is 13.4 Å². The van der Waals surface area contributed by atoms with Crippen molar-refractivity contribution < 1.29 is 40.7 Å². The van der Waals surface area contributed by atoms with Crippen molar-refractivity contribution in [3.8, 4) is 5.75 Å². The average molecular weight is 644 g/mol. The normalized spacial score (nSPS) is 14.1. The number of hydrogen-bond donors (Lipinski definition) is 0. The van der Waals surface area contributed by atoms with Gasteiger partial charge in [-0.15, -0.1) is 0 Å². The van der Waals surface area contributed by atoms with Crippen molar-refractivity contribution in [2.75, 3.05) is 39.5 Å². The largest absolute Gasteiger partial charge is 0.496 e. The summed E-state index contributed by atoms with van der Waals surface area (Å²) in [6, 6.07) is 12.3. The first-order chi connectivity index (χ1) is 21.2. The van der Waals surface area contributed by atoms with Crippen LogP contribution in [0.25, 0.3) is 10.9 Å². The molecule has 0 N–H and O–H groups in total. The SMILES string of the molecule is COc1ccc(S(C)(=O)=O)cc1C(=O)N1CCN(C(=O)Cn2cc3cc(CC(=O)c4cccc(C(F)(F)F)n4)ccc3n2)CC1. The smallest absolute Gasteiger partial charge is 0.433 e. The molecule has 2 aromatic heterocycles. The molecule has 2 amide bonds. The van der Waals surface area contributed by atoms with E-state index in [1.54, 1.807) is 29.3 Å². The highest BCUT2D eigenvalue weighted by Gasteiger charge is 2.33. The number of hydrogen-bond acceptors (Lipinski definition) is 8. The van der Waals surface area contributed by atoms with Crippen molar-refractivity contribution in [2.24, 2.45) is 0 Å². The van der Waals surface area contributed by atoms with Gasteiger partial charge in [-0.05, 0) is 48.0 Å². The third kappa shape index (κ3) is 7.14. The number of carbonyl (C=O) groups is 3. The quantitative estimate of drug-likeness (QED) is 0.268. The van der Waals surface area contributed by atoms with E-state index in [1.165, 1.54) is 41.0 Å². The molecule has 0 spiro atoms. The lowest BCUT2D eigenvalue weighted by molar-refractivity contribution is -0.141. The lowest BCUT2D eigenvalue weighted by Gasteiger charge is -2.35. The van der Waals surface area contributed by atoms with E-state index in [0.29, 0.717) is 16.5 Å². The number of sulfone groups is 1. The van der Waals surface area contributed by atoms with Gasteiger partial charge in [0.1, 0.15) is 23.7 Å². The number of aromatic nitrogens is 3. The van der Waals surface area contributed by atoms with Gasteiger partial charge in [0.2, 0.25) is 5.91 Å². The van der Waals surface area contributed by atoms with Gasteiger partial charge in [-0.1, -0.05) is 12.1 Å². The third-order valence-electron chi connectivity index (χ3n) is 7.35. The van der Waals surface area contributed by atoms with Crippen LogP contribution in [0.1, 0.15) is 32.1 Å². The summed E-state index contributed by atoms with van der Waals surface area (Å²) in [6.45, 7) is 0.909. The van der Waals surface area contributed by atoms with Crippen LogP contribution in [0.3, 0.4) is 0 Å². The Morgan fingerprint density at radius 3 is 2.33 bits per heavy atom.